The van der Waals surface area contributed by atoms with E-state index in [1.165, 1.54) is 16.7 Å². The third kappa shape index (κ3) is 3.54. The van der Waals surface area contributed by atoms with Gasteiger partial charge >= 0.3 is 0 Å². The zero-order valence-corrected chi connectivity index (χ0v) is 11.6. The van der Waals surface area contributed by atoms with Crippen LogP contribution in [0.25, 0.3) is 0 Å². The van der Waals surface area contributed by atoms with Crippen LogP contribution < -0.4 is 0 Å². The molecule has 0 heterocycles. The molecule has 1 heteroatoms. The molecule has 0 aliphatic carbocycles. The maximum Gasteiger partial charge on any atom is 0.162 e. The predicted molar refractivity (Wildman–Crippen MR) is 79.6 cm³/mol. The second-order valence-electron chi connectivity index (χ2n) is 5.01. The van der Waals surface area contributed by atoms with Gasteiger partial charge in [0.1, 0.15) is 0 Å². The molecule has 0 unspecified atom stereocenters. The SMILES string of the molecule is Cc1cccc(C)c1CCCC(=O)c1ccccc1. The van der Waals surface area contributed by atoms with Crippen LogP contribution in [-0.4, -0.2) is 5.78 Å². The maximum absolute atomic E-state index is 12.0. The van der Waals surface area contributed by atoms with E-state index < -0.39 is 0 Å². The minimum Gasteiger partial charge on any atom is -0.294 e. The van der Waals surface area contributed by atoms with E-state index in [2.05, 4.69) is 32.0 Å². The molecule has 0 aliphatic rings. The van der Waals surface area contributed by atoms with Crippen LogP contribution in [0.1, 0.15) is 39.9 Å². The van der Waals surface area contributed by atoms with Crippen LogP contribution in [0, 0.1) is 13.8 Å². The fraction of sp³-hybridized carbons (Fsp3) is 0.278. The first-order valence-electron chi connectivity index (χ1n) is 6.82. The van der Waals surface area contributed by atoms with Crippen LogP contribution in [0.5, 0.6) is 0 Å². The topological polar surface area (TPSA) is 17.1 Å². The molecule has 0 aromatic heterocycles. The monoisotopic (exact) mass is 252 g/mol. The van der Waals surface area contributed by atoms with E-state index in [1.807, 2.05) is 30.3 Å². The number of ketones is 1. The number of carbonyl (C=O) groups excluding carboxylic acids is 1. The Morgan fingerprint density at radius 3 is 2.16 bits per heavy atom. The molecule has 98 valence electrons. The van der Waals surface area contributed by atoms with Crippen molar-refractivity contribution in [2.75, 3.05) is 0 Å². The van der Waals surface area contributed by atoms with E-state index in [0.717, 1.165) is 18.4 Å². The summed E-state index contributed by atoms with van der Waals surface area (Å²) in [4.78, 5) is 12.0. The molecular weight excluding hydrogens is 232 g/mol. The molecule has 0 N–H and O–H groups in total. The van der Waals surface area contributed by atoms with Gasteiger partial charge in [-0.3, -0.25) is 4.79 Å². The highest BCUT2D eigenvalue weighted by Crippen LogP contribution is 2.16. The number of benzene rings is 2. The van der Waals surface area contributed by atoms with Gasteiger partial charge in [-0.2, -0.15) is 0 Å². The van der Waals surface area contributed by atoms with Crippen molar-refractivity contribution in [3.8, 4) is 0 Å². The van der Waals surface area contributed by atoms with Gasteiger partial charge in [0.15, 0.2) is 5.78 Å². The van der Waals surface area contributed by atoms with Crippen molar-refractivity contribution >= 4 is 5.78 Å². The van der Waals surface area contributed by atoms with Crippen LogP contribution in [0.4, 0.5) is 0 Å². The molecule has 0 spiro atoms. The molecule has 0 radical (unpaired) electrons. The fourth-order valence-corrected chi connectivity index (χ4v) is 2.44. The first-order valence-corrected chi connectivity index (χ1v) is 6.82. The molecule has 0 aliphatic heterocycles. The summed E-state index contributed by atoms with van der Waals surface area (Å²) < 4.78 is 0. The molecule has 0 atom stereocenters. The summed E-state index contributed by atoms with van der Waals surface area (Å²) in [5, 5.41) is 0. The quantitative estimate of drug-likeness (QED) is 0.716. The number of hydrogen-bond acceptors (Lipinski definition) is 1. The van der Waals surface area contributed by atoms with Crippen molar-refractivity contribution in [1.29, 1.82) is 0 Å². The summed E-state index contributed by atoms with van der Waals surface area (Å²) in [5.74, 6) is 0.242. The van der Waals surface area contributed by atoms with Gasteiger partial charge in [0.25, 0.3) is 0 Å². The molecule has 2 aromatic rings. The Balaban J connectivity index is 1.92. The Morgan fingerprint density at radius 2 is 1.53 bits per heavy atom. The lowest BCUT2D eigenvalue weighted by Crippen LogP contribution is -2.01. The second kappa shape index (κ2) is 6.33. The van der Waals surface area contributed by atoms with Gasteiger partial charge in [0.05, 0.1) is 0 Å². The average Bonchev–Trinajstić information content (AvgIpc) is 2.43. The Kier molecular flexibility index (Phi) is 4.51. The van der Waals surface area contributed by atoms with E-state index in [9.17, 15) is 4.79 Å². The largest absolute Gasteiger partial charge is 0.294 e. The molecule has 0 amide bonds. The summed E-state index contributed by atoms with van der Waals surface area (Å²) in [6, 6.07) is 15.9. The van der Waals surface area contributed by atoms with Crippen molar-refractivity contribution in [3.05, 3.63) is 70.8 Å². The van der Waals surface area contributed by atoms with Gasteiger partial charge in [-0.15, -0.1) is 0 Å². The first kappa shape index (κ1) is 13.5. The van der Waals surface area contributed by atoms with Crippen LogP contribution >= 0.6 is 0 Å². The van der Waals surface area contributed by atoms with E-state index in [1.54, 1.807) is 0 Å². The van der Waals surface area contributed by atoms with Gasteiger partial charge in [-0.25, -0.2) is 0 Å². The molecule has 0 saturated heterocycles. The lowest BCUT2D eigenvalue weighted by Gasteiger charge is -2.09. The minimum atomic E-state index is 0.242. The van der Waals surface area contributed by atoms with E-state index in [4.69, 9.17) is 0 Å². The van der Waals surface area contributed by atoms with Gasteiger partial charge in [0.2, 0.25) is 0 Å². The van der Waals surface area contributed by atoms with Crippen LogP contribution in [0.15, 0.2) is 48.5 Å². The summed E-state index contributed by atoms with van der Waals surface area (Å²) in [6.07, 6.45) is 2.52. The molecule has 0 saturated carbocycles. The Morgan fingerprint density at radius 1 is 0.895 bits per heavy atom. The highest BCUT2D eigenvalue weighted by atomic mass is 16.1. The number of rotatable bonds is 5. The van der Waals surface area contributed by atoms with Gasteiger partial charge in [-0.1, -0.05) is 48.5 Å². The molecule has 1 nitrogen and oxygen atoms in total. The summed E-state index contributed by atoms with van der Waals surface area (Å²) in [5.41, 5.74) is 4.87. The van der Waals surface area contributed by atoms with Crippen LogP contribution in [0.3, 0.4) is 0 Å². The van der Waals surface area contributed by atoms with Crippen molar-refractivity contribution in [3.63, 3.8) is 0 Å². The van der Waals surface area contributed by atoms with Crippen molar-refractivity contribution < 1.29 is 4.79 Å². The van der Waals surface area contributed by atoms with Crippen molar-refractivity contribution in [2.45, 2.75) is 33.1 Å². The third-order valence-electron chi connectivity index (χ3n) is 3.57. The Labute approximate surface area is 115 Å². The van der Waals surface area contributed by atoms with E-state index in [-0.39, 0.29) is 5.78 Å². The average molecular weight is 252 g/mol. The van der Waals surface area contributed by atoms with Gasteiger partial charge in [-0.05, 0) is 43.4 Å². The third-order valence-corrected chi connectivity index (χ3v) is 3.57. The molecule has 0 fully saturated rings. The molecular formula is C18H20O. The first-order chi connectivity index (χ1) is 9.18. The Bertz CT molecular complexity index is 535. The zero-order valence-electron chi connectivity index (χ0n) is 11.6. The van der Waals surface area contributed by atoms with Crippen LogP contribution in [-0.2, 0) is 6.42 Å². The summed E-state index contributed by atoms with van der Waals surface area (Å²) in [7, 11) is 0. The molecule has 2 aromatic carbocycles. The Hall–Kier alpha value is -1.89. The summed E-state index contributed by atoms with van der Waals surface area (Å²) in [6.45, 7) is 4.28. The second-order valence-corrected chi connectivity index (χ2v) is 5.01. The fourth-order valence-electron chi connectivity index (χ4n) is 2.44. The van der Waals surface area contributed by atoms with Crippen molar-refractivity contribution in [1.82, 2.24) is 0 Å². The smallest absolute Gasteiger partial charge is 0.162 e. The highest BCUT2D eigenvalue weighted by molar-refractivity contribution is 5.95. The lowest BCUT2D eigenvalue weighted by molar-refractivity contribution is 0.0980. The lowest BCUT2D eigenvalue weighted by atomic mass is 9.96. The van der Waals surface area contributed by atoms with Gasteiger partial charge < -0.3 is 0 Å². The molecule has 2 rings (SSSR count). The minimum absolute atomic E-state index is 0.242. The maximum atomic E-state index is 12.0. The molecule has 0 bridgehead atoms. The number of carbonyl (C=O) groups is 1. The number of Topliss-reactive ketones (excluding diaryl/α,β-unsaturated/α-hetero) is 1. The number of hydrogen-bond donors (Lipinski definition) is 0. The highest BCUT2D eigenvalue weighted by Gasteiger charge is 2.06. The normalized spacial score (nSPS) is 10.4. The summed E-state index contributed by atoms with van der Waals surface area (Å²) >= 11 is 0. The molecule has 19 heavy (non-hydrogen) atoms. The standard InChI is InChI=1S/C18H20O/c1-14-8-6-9-15(2)17(14)12-7-13-18(19)16-10-4-3-5-11-16/h3-6,8-11H,7,12-13H2,1-2H3. The van der Waals surface area contributed by atoms with E-state index >= 15 is 0 Å². The zero-order chi connectivity index (χ0) is 13.7. The number of aryl methyl sites for hydroxylation is 2. The van der Waals surface area contributed by atoms with E-state index in [0.29, 0.717) is 6.42 Å². The van der Waals surface area contributed by atoms with Gasteiger partial charge in [0, 0.05) is 12.0 Å². The van der Waals surface area contributed by atoms with Crippen molar-refractivity contribution in [2.24, 2.45) is 0 Å². The van der Waals surface area contributed by atoms with Crippen LogP contribution in [0.2, 0.25) is 0 Å². The predicted octanol–water partition coefficient (Wildman–Crippen LogP) is 4.51.